The lowest BCUT2D eigenvalue weighted by Gasteiger charge is -2.21. The Morgan fingerprint density at radius 1 is 1.57 bits per heavy atom. The van der Waals surface area contributed by atoms with Gasteiger partial charge >= 0.3 is 6.09 Å². The van der Waals surface area contributed by atoms with E-state index in [0.29, 0.717) is 18.7 Å². The van der Waals surface area contributed by atoms with Crippen LogP contribution in [0.5, 0.6) is 0 Å². The first-order chi connectivity index (χ1) is 13.4. The summed E-state index contributed by atoms with van der Waals surface area (Å²) in [5.41, 5.74) is 6.36. The van der Waals surface area contributed by atoms with Gasteiger partial charge in [-0.05, 0) is 25.1 Å². The number of nitrogens with zero attached hydrogens (tertiary/aromatic N) is 2. The summed E-state index contributed by atoms with van der Waals surface area (Å²) in [5, 5.41) is 3.44. The van der Waals surface area contributed by atoms with Crippen molar-refractivity contribution in [1.29, 1.82) is 0 Å². The average molecular weight is 397 g/mol. The molecular formula is C17H24FN5O5. The highest BCUT2D eigenvalue weighted by molar-refractivity contribution is 5.90. The fourth-order valence-corrected chi connectivity index (χ4v) is 2.63. The molecule has 1 aliphatic heterocycles. The van der Waals surface area contributed by atoms with Crippen molar-refractivity contribution >= 4 is 23.9 Å². The van der Waals surface area contributed by atoms with Gasteiger partial charge in [0.1, 0.15) is 11.9 Å². The van der Waals surface area contributed by atoms with Crippen LogP contribution in [-0.4, -0.2) is 51.7 Å². The third-order valence-corrected chi connectivity index (χ3v) is 3.92. The number of anilines is 2. The number of hydrogen-bond acceptors (Lipinski definition) is 8. The molecule has 11 heteroatoms. The first-order valence-electron chi connectivity index (χ1n) is 8.51. The van der Waals surface area contributed by atoms with E-state index < -0.39 is 24.3 Å². The zero-order valence-electron chi connectivity index (χ0n) is 15.6. The molecule has 2 amide bonds. The maximum Gasteiger partial charge on any atom is 0.414 e. The Labute approximate surface area is 161 Å². The van der Waals surface area contributed by atoms with Crippen molar-refractivity contribution < 1.29 is 28.2 Å². The highest BCUT2D eigenvalue weighted by Gasteiger charge is 2.32. The number of nitrogens with one attached hydrogen (secondary N) is 1. The highest BCUT2D eigenvalue weighted by atomic mass is 19.1. The SMILES string of the molecule is CCOC(OC)/C(N)=C/N(N)c1ccc(N2CC(CNC=O)OC2=O)cc1F. The number of cyclic esters (lactones) is 1. The van der Waals surface area contributed by atoms with Crippen molar-refractivity contribution in [2.24, 2.45) is 11.6 Å². The van der Waals surface area contributed by atoms with Crippen molar-refractivity contribution in [3.63, 3.8) is 0 Å². The average Bonchev–Trinajstić information content (AvgIpc) is 3.04. The first-order valence-corrected chi connectivity index (χ1v) is 8.51. The Balaban J connectivity index is 2.13. The van der Waals surface area contributed by atoms with Crippen LogP contribution in [-0.2, 0) is 19.0 Å². The van der Waals surface area contributed by atoms with Crippen LogP contribution in [0.2, 0.25) is 0 Å². The Kier molecular flexibility index (Phi) is 7.55. The lowest BCUT2D eigenvalue weighted by Crippen LogP contribution is -2.32. The second kappa shape index (κ2) is 9.88. The highest BCUT2D eigenvalue weighted by Crippen LogP contribution is 2.27. The Bertz CT molecular complexity index is 732. The van der Waals surface area contributed by atoms with Gasteiger partial charge < -0.3 is 25.3 Å². The number of rotatable bonds is 10. The van der Waals surface area contributed by atoms with Gasteiger partial charge in [0.05, 0.1) is 30.2 Å². The summed E-state index contributed by atoms with van der Waals surface area (Å²) in [6.07, 6.45) is -0.154. The summed E-state index contributed by atoms with van der Waals surface area (Å²) in [6, 6.07) is 4.09. The van der Waals surface area contributed by atoms with Crippen molar-refractivity contribution in [2.45, 2.75) is 19.3 Å². The Morgan fingerprint density at radius 2 is 2.32 bits per heavy atom. The number of ether oxygens (including phenoxy) is 3. The van der Waals surface area contributed by atoms with Gasteiger partial charge in [-0.3, -0.25) is 14.7 Å². The van der Waals surface area contributed by atoms with Gasteiger partial charge in [0.25, 0.3) is 0 Å². The van der Waals surface area contributed by atoms with Crippen molar-refractivity contribution in [2.75, 3.05) is 36.7 Å². The molecule has 10 nitrogen and oxygen atoms in total. The minimum absolute atomic E-state index is 0.0322. The minimum Gasteiger partial charge on any atom is -0.442 e. The summed E-state index contributed by atoms with van der Waals surface area (Å²) in [7, 11) is 1.42. The van der Waals surface area contributed by atoms with E-state index >= 15 is 0 Å². The van der Waals surface area contributed by atoms with Gasteiger partial charge in [-0.25, -0.2) is 15.0 Å². The Hall–Kier alpha value is -2.89. The zero-order valence-corrected chi connectivity index (χ0v) is 15.6. The molecule has 0 radical (unpaired) electrons. The van der Waals surface area contributed by atoms with Crippen molar-refractivity contribution in [1.82, 2.24) is 5.32 Å². The third kappa shape index (κ3) is 5.09. The van der Waals surface area contributed by atoms with Crippen LogP contribution in [0.25, 0.3) is 0 Å². The van der Waals surface area contributed by atoms with Gasteiger partial charge in [0.2, 0.25) is 6.41 Å². The van der Waals surface area contributed by atoms with E-state index in [4.69, 9.17) is 25.8 Å². The van der Waals surface area contributed by atoms with Crippen LogP contribution >= 0.6 is 0 Å². The molecule has 1 aliphatic rings. The molecule has 1 fully saturated rings. The minimum atomic E-state index is -0.810. The second-order valence-electron chi connectivity index (χ2n) is 5.84. The molecule has 5 N–H and O–H groups in total. The lowest BCUT2D eigenvalue weighted by molar-refractivity contribution is -0.109. The van der Waals surface area contributed by atoms with E-state index in [1.165, 1.54) is 30.3 Å². The van der Waals surface area contributed by atoms with Crippen LogP contribution in [0.4, 0.5) is 20.6 Å². The quantitative estimate of drug-likeness (QED) is 0.223. The van der Waals surface area contributed by atoms with Gasteiger partial charge in [-0.1, -0.05) is 0 Å². The maximum absolute atomic E-state index is 14.6. The largest absolute Gasteiger partial charge is 0.442 e. The van der Waals surface area contributed by atoms with Crippen molar-refractivity contribution in [3.05, 3.63) is 35.9 Å². The third-order valence-electron chi connectivity index (χ3n) is 3.92. The molecule has 1 saturated heterocycles. The van der Waals surface area contributed by atoms with E-state index in [1.54, 1.807) is 6.92 Å². The fourth-order valence-electron chi connectivity index (χ4n) is 2.63. The topological polar surface area (TPSA) is 132 Å². The van der Waals surface area contributed by atoms with Gasteiger partial charge in [-0.2, -0.15) is 0 Å². The van der Waals surface area contributed by atoms with Gasteiger partial charge in [-0.15, -0.1) is 0 Å². The van der Waals surface area contributed by atoms with Crippen LogP contribution in [0, 0.1) is 5.82 Å². The van der Waals surface area contributed by atoms with Gasteiger partial charge in [0, 0.05) is 19.9 Å². The first kappa shape index (κ1) is 21.4. The standard InChI is InChI=1S/C17H24FN5O5/c1-3-27-16(26-2)14(19)9-23(20)15-5-4-11(6-13(15)18)22-8-12(7-21-10-24)28-17(22)25/h4-6,9-10,12,16H,3,7-8,19-20H2,1-2H3,(H,21,24)/b14-9-. The molecule has 0 spiro atoms. The zero-order chi connectivity index (χ0) is 20.7. The molecule has 0 bridgehead atoms. The molecule has 154 valence electrons. The predicted octanol–water partition coefficient (Wildman–Crippen LogP) is 0.386. The number of amides is 2. The number of methoxy groups -OCH3 is 1. The molecule has 2 unspecified atom stereocenters. The fraction of sp³-hybridized carbons (Fsp3) is 0.412. The molecule has 28 heavy (non-hydrogen) atoms. The molecule has 0 aliphatic carbocycles. The van der Waals surface area contributed by atoms with E-state index in [9.17, 15) is 14.0 Å². The smallest absolute Gasteiger partial charge is 0.414 e. The van der Waals surface area contributed by atoms with E-state index in [2.05, 4.69) is 5.32 Å². The molecule has 0 aromatic heterocycles. The maximum atomic E-state index is 14.6. The van der Waals surface area contributed by atoms with Crippen LogP contribution in [0.15, 0.2) is 30.1 Å². The second-order valence-corrected chi connectivity index (χ2v) is 5.84. The summed E-state index contributed by atoms with van der Waals surface area (Å²) in [6.45, 7) is 2.51. The van der Waals surface area contributed by atoms with Gasteiger partial charge in [0.15, 0.2) is 6.29 Å². The van der Waals surface area contributed by atoms with Crippen LogP contribution < -0.4 is 26.8 Å². The summed E-state index contributed by atoms with van der Waals surface area (Å²) >= 11 is 0. The normalized spacial score (nSPS) is 18.0. The molecule has 1 heterocycles. The lowest BCUT2D eigenvalue weighted by atomic mass is 10.2. The van der Waals surface area contributed by atoms with E-state index in [0.717, 1.165) is 11.1 Å². The number of hydrazine groups is 1. The Morgan fingerprint density at radius 3 is 2.93 bits per heavy atom. The van der Waals surface area contributed by atoms with Crippen molar-refractivity contribution in [3.8, 4) is 0 Å². The van der Waals surface area contributed by atoms with E-state index in [1.807, 2.05) is 0 Å². The summed E-state index contributed by atoms with van der Waals surface area (Å²) in [5.74, 6) is 5.20. The molecule has 1 aromatic carbocycles. The number of carbonyl (C=O) groups excluding carboxylic acids is 2. The number of hydrogen-bond donors (Lipinski definition) is 3. The molecule has 1 aromatic rings. The number of nitrogens with two attached hydrogens (primary N) is 2. The van der Waals surface area contributed by atoms with Crippen LogP contribution in [0.3, 0.4) is 0 Å². The molecule has 0 saturated carbocycles. The number of carbonyl (C=O) groups is 2. The number of benzene rings is 1. The monoisotopic (exact) mass is 397 g/mol. The number of halogens is 1. The summed E-state index contributed by atoms with van der Waals surface area (Å²) < 4.78 is 30.0. The summed E-state index contributed by atoms with van der Waals surface area (Å²) in [4.78, 5) is 23.6. The molecular weight excluding hydrogens is 373 g/mol. The van der Waals surface area contributed by atoms with Crippen LogP contribution in [0.1, 0.15) is 6.92 Å². The molecule has 2 atom stereocenters. The van der Waals surface area contributed by atoms with E-state index in [-0.39, 0.29) is 24.5 Å². The molecule has 2 rings (SSSR count). The predicted molar refractivity (Wildman–Crippen MR) is 99.4 cm³/mol.